The number of hydrogen-bond donors (Lipinski definition) is 2. The van der Waals surface area contributed by atoms with Crippen LogP contribution in [0.25, 0.3) is 0 Å². The summed E-state index contributed by atoms with van der Waals surface area (Å²) in [6.45, 7) is 3.60. The van der Waals surface area contributed by atoms with Crippen molar-refractivity contribution < 1.29 is 4.79 Å². The Labute approximate surface area is 102 Å². The summed E-state index contributed by atoms with van der Waals surface area (Å²) < 4.78 is 0. The molecular formula is C12H20N4O. The highest BCUT2D eigenvalue weighted by Gasteiger charge is 2.02. The quantitative estimate of drug-likeness (QED) is 0.726. The molecule has 0 aliphatic rings. The Morgan fingerprint density at radius 2 is 2.18 bits per heavy atom. The third-order valence-corrected chi connectivity index (χ3v) is 2.27. The van der Waals surface area contributed by atoms with E-state index in [-0.39, 0.29) is 5.91 Å². The van der Waals surface area contributed by atoms with Gasteiger partial charge in [-0.3, -0.25) is 4.79 Å². The molecule has 0 aliphatic carbocycles. The summed E-state index contributed by atoms with van der Waals surface area (Å²) in [5, 5.41) is 5.91. The number of pyridine rings is 1. The predicted molar refractivity (Wildman–Crippen MR) is 70.4 cm³/mol. The number of aromatic nitrogens is 1. The number of hydrogen-bond acceptors (Lipinski definition) is 4. The van der Waals surface area contributed by atoms with Crippen LogP contribution in [0.5, 0.6) is 0 Å². The predicted octanol–water partition coefficient (Wildman–Crippen LogP) is 1.09. The summed E-state index contributed by atoms with van der Waals surface area (Å²) in [7, 11) is 3.86. The van der Waals surface area contributed by atoms with Crippen molar-refractivity contribution in [3.05, 3.63) is 18.3 Å². The van der Waals surface area contributed by atoms with Crippen LogP contribution in [0.15, 0.2) is 18.3 Å². The fraction of sp³-hybridized carbons (Fsp3) is 0.500. The molecule has 0 aromatic carbocycles. The molecule has 1 heterocycles. The van der Waals surface area contributed by atoms with Gasteiger partial charge in [-0.2, -0.15) is 0 Å². The van der Waals surface area contributed by atoms with Crippen LogP contribution in [0, 0.1) is 0 Å². The topological polar surface area (TPSA) is 57.3 Å². The van der Waals surface area contributed by atoms with Crippen LogP contribution in [-0.2, 0) is 4.79 Å². The van der Waals surface area contributed by atoms with Gasteiger partial charge >= 0.3 is 0 Å². The minimum Gasteiger partial charge on any atom is -0.363 e. The minimum absolute atomic E-state index is 0.00496. The van der Waals surface area contributed by atoms with Gasteiger partial charge in [0.2, 0.25) is 5.91 Å². The first kappa shape index (κ1) is 13.4. The summed E-state index contributed by atoms with van der Waals surface area (Å²) in [4.78, 5) is 17.7. The van der Waals surface area contributed by atoms with Gasteiger partial charge in [0.25, 0.3) is 0 Å². The van der Waals surface area contributed by atoms with Gasteiger partial charge in [-0.15, -0.1) is 0 Å². The van der Waals surface area contributed by atoms with Crippen LogP contribution in [0.3, 0.4) is 0 Å². The van der Waals surface area contributed by atoms with Gasteiger partial charge < -0.3 is 15.5 Å². The number of nitrogens with one attached hydrogen (secondary N) is 2. The molecule has 1 aromatic rings. The van der Waals surface area contributed by atoms with E-state index < -0.39 is 0 Å². The molecule has 0 aliphatic heterocycles. The van der Waals surface area contributed by atoms with E-state index in [1.807, 2.05) is 38.1 Å². The van der Waals surface area contributed by atoms with Crippen LogP contribution in [0.1, 0.15) is 13.3 Å². The highest BCUT2D eigenvalue weighted by atomic mass is 16.1. The fourth-order valence-corrected chi connectivity index (χ4v) is 1.33. The Hall–Kier alpha value is -1.62. The smallest absolute Gasteiger partial charge is 0.225 e. The summed E-state index contributed by atoms with van der Waals surface area (Å²) in [5.41, 5.74) is 0.733. The normalized spacial score (nSPS) is 10.1. The third kappa shape index (κ3) is 4.82. The van der Waals surface area contributed by atoms with Gasteiger partial charge in [0.05, 0.1) is 11.9 Å². The lowest BCUT2D eigenvalue weighted by Crippen LogP contribution is -2.21. The zero-order valence-electron chi connectivity index (χ0n) is 10.7. The number of nitrogens with zero attached hydrogens (tertiary/aromatic N) is 2. The number of carbonyl (C=O) groups is 1. The second kappa shape index (κ2) is 6.85. The molecule has 0 unspecified atom stereocenters. The minimum atomic E-state index is 0.00496. The highest BCUT2D eigenvalue weighted by molar-refractivity contribution is 5.90. The van der Waals surface area contributed by atoms with Crippen LogP contribution in [0.4, 0.5) is 11.5 Å². The maximum Gasteiger partial charge on any atom is 0.225 e. The van der Waals surface area contributed by atoms with Crippen molar-refractivity contribution in [2.75, 3.05) is 37.4 Å². The number of carbonyl (C=O) groups excluding carboxylic acids is 1. The van der Waals surface area contributed by atoms with E-state index in [4.69, 9.17) is 0 Å². The third-order valence-electron chi connectivity index (χ3n) is 2.27. The number of anilines is 2. The van der Waals surface area contributed by atoms with Crippen LogP contribution >= 0.6 is 0 Å². The van der Waals surface area contributed by atoms with E-state index in [1.165, 1.54) is 0 Å². The molecule has 0 saturated heterocycles. The van der Waals surface area contributed by atoms with Crippen molar-refractivity contribution in [1.82, 2.24) is 10.3 Å². The molecule has 5 nitrogen and oxygen atoms in total. The lowest BCUT2D eigenvalue weighted by molar-refractivity contribution is -0.116. The Morgan fingerprint density at radius 3 is 2.71 bits per heavy atom. The van der Waals surface area contributed by atoms with Gasteiger partial charge in [-0.25, -0.2) is 4.98 Å². The average molecular weight is 236 g/mol. The molecule has 1 aromatic heterocycles. The van der Waals surface area contributed by atoms with E-state index in [2.05, 4.69) is 15.6 Å². The molecule has 5 heteroatoms. The molecule has 1 rings (SSSR count). The molecule has 94 valence electrons. The van der Waals surface area contributed by atoms with E-state index in [0.717, 1.165) is 18.1 Å². The Balaban J connectivity index is 2.43. The standard InChI is InChI=1S/C12H20N4O/c1-4-13-8-7-12(17)15-10-5-6-11(14-9-10)16(2)3/h5-6,9,13H,4,7-8H2,1-3H3,(H,15,17). The van der Waals surface area contributed by atoms with Gasteiger partial charge in [-0.05, 0) is 18.7 Å². The van der Waals surface area contributed by atoms with Crippen molar-refractivity contribution in [3.63, 3.8) is 0 Å². The largest absolute Gasteiger partial charge is 0.363 e. The Bertz CT molecular complexity index is 348. The average Bonchev–Trinajstić information content (AvgIpc) is 2.30. The number of amides is 1. The monoisotopic (exact) mass is 236 g/mol. The maximum absolute atomic E-state index is 11.5. The molecule has 2 N–H and O–H groups in total. The first-order chi connectivity index (χ1) is 8.13. The zero-order valence-corrected chi connectivity index (χ0v) is 10.7. The zero-order chi connectivity index (χ0) is 12.7. The fourth-order valence-electron chi connectivity index (χ4n) is 1.33. The van der Waals surface area contributed by atoms with Crippen LogP contribution < -0.4 is 15.5 Å². The molecular weight excluding hydrogens is 216 g/mol. The van der Waals surface area contributed by atoms with Crippen molar-refractivity contribution in [3.8, 4) is 0 Å². The van der Waals surface area contributed by atoms with E-state index in [1.54, 1.807) is 6.20 Å². The molecule has 0 radical (unpaired) electrons. The number of rotatable bonds is 6. The van der Waals surface area contributed by atoms with Crippen LogP contribution in [0.2, 0.25) is 0 Å². The SMILES string of the molecule is CCNCCC(=O)Nc1ccc(N(C)C)nc1. The van der Waals surface area contributed by atoms with E-state index in [9.17, 15) is 4.79 Å². The van der Waals surface area contributed by atoms with Gasteiger partial charge in [0, 0.05) is 27.1 Å². The van der Waals surface area contributed by atoms with Gasteiger partial charge in [0.1, 0.15) is 5.82 Å². The van der Waals surface area contributed by atoms with Crippen molar-refractivity contribution in [1.29, 1.82) is 0 Å². The second-order valence-corrected chi connectivity index (χ2v) is 3.95. The molecule has 17 heavy (non-hydrogen) atoms. The van der Waals surface area contributed by atoms with Crippen molar-refractivity contribution in [2.24, 2.45) is 0 Å². The van der Waals surface area contributed by atoms with Gasteiger partial charge in [-0.1, -0.05) is 6.92 Å². The van der Waals surface area contributed by atoms with Crippen molar-refractivity contribution >= 4 is 17.4 Å². The highest BCUT2D eigenvalue weighted by Crippen LogP contribution is 2.11. The van der Waals surface area contributed by atoms with Crippen molar-refractivity contribution in [2.45, 2.75) is 13.3 Å². The summed E-state index contributed by atoms with van der Waals surface area (Å²) >= 11 is 0. The molecule has 0 atom stereocenters. The first-order valence-electron chi connectivity index (χ1n) is 5.77. The summed E-state index contributed by atoms with van der Waals surface area (Å²) in [5.74, 6) is 0.876. The molecule has 1 amide bonds. The molecule has 0 spiro atoms. The lowest BCUT2D eigenvalue weighted by Gasteiger charge is -2.11. The molecule has 0 bridgehead atoms. The molecule has 0 fully saturated rings. The maximum atomic E-state index is 11.5. The lowest BCUT2D eigenvalue weighted by atomic mass is 10.3. The molecule has 0 saturated carbocycles. The second-order valence-electron chi connectivity index (χ2n) is 3.95. The Kier molecular flexibility index (Phi) is 5.42. The summed E-state index contributed by atoms with van der Waals surface area (Å²) in [6, 6.07) is 3.73. The summed E-state index contributed by atoms with van der Waals surface area (Å²) in [6.07, 6.45) is 2.14. The van der Waals surface area contributed by atoms with Crippen LogP contribution in [-0.4, -0.2) is 38.1 Å². The van der Waals surface area contributed by atoms with E-state index in [0.29, 0.717) is 13.0 Å². The Morgan fingerprint density at radius 1 is 1.41 bits per heavy atom. The van der Waals surface area contributed by atoms with Gasteiger partial charge in [0.15, 0.2) is 0 Å². The van der Waals surface area contributed by atoms with E-state index >= 15 is 0 Å². The first-order valence-corrected chi connectivity index (χ1v) is 5.77.